The van der Waals surface area contributed by atoms with Crippen LogP contribution in [0.25, 0.3) is 0 Å². The molecule has 6 nitrogen and oxygen atoms in total. The van der Waals surface area contributed by atoms with Crippen molar-refractivity contribution in [3.63, 3.8) is 0 Å². The number of carboxylic acids is 1. The Bertz CT molecular complexity index is 331. The molecule has 0 aliphatic carbocycles. The van der Waals surface area contributed by atoms with Crippen LogP contribution in [-0.2, 0) is 7.05 Å². The van der Waals surface area contributed by atoms with Crippen LogP contribution in [-0.4, -0.2) is 35.1 Å². The van der Waals surface area contributed by atoms with Crippen molar-refractivity contribution in [3.8, 4) is 11.6 Å². The molecule has 0 aliphatic rings. The van der Waals surface area contributed by atoms with E-state index in [1.807, 2.05) is 0 Å². The maximum Gasteiger partial charge on any atom is 0.360 e. The van der Waals surface area contributed by atoms with Crippen LogP contribution in [0.2, 0.25) is 0 Å². The highest BCUT2D eigenvalue weighted by Gasteiger charge is 2.22. The standard InChI is InChI=1S/C7H10N2O4/c1-9-6(13-3)5(12-2)4(8-9)7(10)11/h1-3H3,(H,10,11). The van der Waals surface area contributed by atoms with E-state index in [9.17, 15) is 4.79 Å². The van der Waals surface area contributed by atoms with Gasteiger partial charge in [-0.25, -0.2) is 9.48 Å². The average Bonchev–Trinajstić information content (AvgIpc) is 2.41. The van der Waals surface area contributed by atoms with Gasteiger partial charge in [-0.05, 0) is 0 Å². The number of aryl methyl sites for hydroxylation is 1. The molecule has 0 aromatic carbocycles. The molecule has 0 bridgehead atoms. The third-order valence-corrected chi connectivity index (χ3v) is 1.55. The number of hydrogen-bond donors (Lipinski definition) is 1. The summed E-state index contributed by atoms with van der Waals surface area (Å²) in [5.74, 6) is -0.715. The molecule has 1 aromatic heterocycles. The van der Waals surface area contributed by atoms with Crippen molar-refractivity contribution in [2.75, 3.05) is 14.2 Å². The normalized spacial score (nSPS) is 9.77. The number of methoxy groups -OCH3 is 2. The van der Waals surface area contributed by atoms with Gasteiger partial charge in [0.15, 0.2) is 0 Å². The van der Waals surface area contributed by atoms with Crippen molar-refractivity contribution in [1.82, 2.24) is 9.78 Å². The molecular formula is C7H10N2O4. The Balaban J connectivity index is 3.29. The van der Waals surface area contributed by atoms with Gasteiger partial charge in [0.2, 0.25) is 11.4 Å². The maximum absolute atomic E-state index is 10.7. The lowest BCUT2D eigenvalue weighted by atomic mass is 10.4. The lowest BCUT2D eigenvalue weighted by Gasteiger charge is -2.01. The fourth-order valence-corrected chi connectivity index (χ4v) is 1.04. The molecule has 0 unspecified atom stereocenters. The first-order valence-electron chi connectivity index (χ1n) is 3.50. The molecule has 1 heterocycles. The highest BCUT2D eigenvalue weighted by molar-refractivity contribution is 5.89. The predicted octanol–water partition coefficient (Wildman–Crippen LogP) is 0.135. The largest absolute Gasteiger partial charge is 0.489 e. The van der Waals surface area contributed by atoms with Crippen LogP contribution in [0, 0.1) is 0 Å². The van der Waals surface area contributed by atoms with Gasteiger partial charge in [0.25, 0.3) is 5.88 Å². The molecule has 1 aromatic rings. The smallest absolute Gasteiger partial charge is 0.360 e. The van der Waals surface area contributed by atoms with Crippen molar-refractivity contribution in [3.05, 3.63) is 5.69 Å². The molecule has 0 atom stereocenters. The third-order valence-electron chi connectivity index (χ3n) is 1.55. The average molecular weight is 186 g/mol. The van der Waals surface area contributed by atoms with E-state index in [4.69, 9.17) is 14.6 Å². The first-order chi connectivity index (χ1) is 6.11. The van der Waals surface area contributed by atoms with Gasteiger partial charge in [0.05, 0.1) is 14.2 Å². The molecule has 0 saturated carbocycles. The molecule has 0 saturated heterocycles. The Morgan fingerprint density at radius 2 is 2.08 bits per heavy atom. The fourth-order valence-electron chi connectivity index (χ4n) is 1.04. The summed E-state index contributed by atoms with van der Waals surface area (Å²) >= 11 is 0. The first-order valence-corrected chi connectivity index (χ1v) is 3.50. The van der Waals surface area contributed by atoms with E-state index >= 15 is 0 Å². The predicted molar refractivity (Wildman–Crippen MR) is 43.3 cm³/mol. The van der Waals surface area contributed by atoms with E-state index in [2.05, 4.69) is 5.10 Å². The number of nitrogens with zero attached hydrogens (tertiary/aromatic N) is 2. The van der Waals surface area contributed by atoms with Gasteiger partial charge in [-0.1, -0.05) is 0 Å². The SMILES string of the molecule is COc1c(C(=O)O)nn(C)c1OC. The monoisotopic (exact) mass is 186 g/mol. The molecule has 0 aliphatic heterocycles. The van der Waals surface area contributed by atoms with Crippen molar-refractivity contribution in [2.45, 2.75) is 0 Å². The summed E-state index contributed by atoms with van der Waals surface area (Å²) in [5, 5.41) is 12.4. The lowest BCUT2D eigenvalue weighted by Crippen LogP contribution is -2.00. The molecule has 13 heavy (non-hydrogen) atoms. The van der Waals surface area contributed by atoms with Gasteiger partial charge in [-0.2, -0.15) is 5.10 Å². The highest BCUT2D eigenvalue weighted by atomic mass is 16.5. The Morgan fingerprint density at radius 1 is 1.46 bits per heavy atom. The summed E-state index contributed by atoms with van der Waals surface area (Å²) in [5.41, 5.74) is -0.151. The zero-order chi connectivity index (χ0) is 10.0. The van der Waals surface area contributed by atoms with Crippen molar-refractivity contribution < 1.29 is 19.4 Å². The van der Waals surface area contributed by atoms with E-state index < -0.39 is 5.97 Å². The molecule has 0 radical (unpaired) electrons. The van der Waals surface area contributed by atoms with Crippen LogP contribution in [0.15, 0.2) is 0 Å². The van der Waals surface area contributed by atoms with E-state index in [0.29, 0.717) is 5.88 Å². The van der Waals surface area contributed by atoms with Gasteiger partial charge >= 0.3 is 5.97 Å². The molecule has 0 spiro atoms. The summed E-state index contributed by atoms with van der Waals surface area (Å²) in [6, 6.07) is 0. The Hall–Kier alpha value is -1.72. The Kier molecular flexibility index (Phi) is 2.41. The molecule has 0 fully saturated rings. The minimum atomic E-state index is -1.14. The van der Waals surface area contributed by atoms with Crippen LogP contribution < -0.4 is 9.47 Å². The van der Waals surface area contributed by atoms with Crippen molar-refractivity contribution in [2.24, 2.45) is 7.05 Å². The summed E-state index contributed by atoms with van der Waals surface area (Å²) < 4.78 is 11.1. The lowest BCUT2D eigenvalue weighted by molar-refractivity contribution is 0.0686. The first kappa shape index (κ1) is 9.37. The summed E-state index contributed by atoms with van der Waals surface area (Å²) in [7, 11) is 4.37. The number of hydrogen-bond acceptors (Lipinski definition) is 4. The summed E-state index contributed by atoms with van der Waals surface area (Å²) in [4.78, 5) is 10.7. The van der Waals surface area contributed by atoms with E-state index in [1.54, 1.807) is 7.05 Å². The topological polar surface area (TPSA) is 73.6 Å². The molecule has 72 valence electrons. The number of carbonyl (C=O) groups is 1. The van der Waals surface area contributed by atoms with Gasteiger partial charge in [-0.3, -0.25) is 0 Å². The van der Waals surface area contributed by atoms with Crippen LogP contribution in [0.1, 0.15) is 10.5 Å². The molecular weight excluding hydrogens is 176 g/mol. The summed E-state index contributed by atoms with van der Waals surface area (Å²) in [6.45, 7) is 0. The Morgan fingerprint density at radius 3 is 2.46 bits per heavy atom. The van der Waals surface area contributed by atoms with Crippen LogP contribution in [0.4, 0.5) is 0 Å². The quantitative estimate of drug-likeness (QED) is 0.726. The number of aromatic nitrogens is 2. The van der Waals surface area contributed by atoms with Crippen molar-refractivity contribution in [1.29, 1.82) is 0 Å². The fraction of sp³-hybridized carbons (Fsp3) is 0.429. The number of rotatable bonds is 3. The molecule has 1 rings (SSSR count). The highest BCUT2D eigenvalue weighted by Crippen LogP contribution is 2.29. The zero-order valence-corrected chi connectivity index (χ0v) is 7.57. The molecule has 0 amide bonds. The minimum absolute atomic E-state index is 0.137. The van der Waals surface area contributed by atoms with Crippen LogP contribution in [0.3, 0.4) is 0 Å². The second kappa shape index (κ2) is 3.34. The Labute approximate surface area is 74.7 Å². The third kappa shape index (κ3) is 1.42. The number of carboxylic acid groups (broad SMARTS) is 1. The van der Waals surface area contributed by atoms with Crippen LogP contribution in [0.5, 0.6) is 11.6 Å². The van der Waals surface area contributed by atoms with Gasteiger partial charge in [0, 0.05) is 7.05 Å². The van der Waals surface area contributed by atoms with Crippen LogP contribution >= 0.6 is 0 Å². The van der Waals surface area contributed by atoms with Gasteiger partial charge in [0.1, 0.15) is 0 Å². The van der Waals surface area contributed by atoms with Crippen molar-refractivity contribution >= 4 is 5.97 Å². The second-order valence-electron chi connectivity index (χ2n) is 2.32. The minimum Gasteiger partial charge on any atom is -0.489 e. The number of aromatic carboxylic acids is 1. The molecule has 1 N–H and O–H groups in total. The van der Waals surface area contributed by atoms with E-state index in [0.717, 1.165) is 0 Å². The number of ether oxygens (including phenoxy) is 2. The zero-order valence-electron chi connectivity index (χ0n) is 7.57. The van der Waals surface area contributed by atoms with Gasteiger partial charge in [-0.15, -0.1) is 0 Å². The van der Waals surface area contributed by atoms with E-state index in [1.165, 1.54) is 18.9 Å². The van der Waals surface area contributed by atoms with Gasteiger partial charge < -0.3 is 14.6 Å². The summed E-state index contributed by atoms with van der Waals surface area (Å²) in [6.07, 6.45) is 0. The second-order valence-corrected chi connectivity index (χ2v) is 2.32. The van der Waals surface area contributed by atoms with E-state index in [-0.39, 0.29) is 11.4 Å². The maximum atomic E-state index is 10.7. The molecule has 6 heteroatoms.